The Labute approximate surface area is 170 Å². The molecule has 0 fully saturated rings. The highest BCUT2D eigenvalue weighted by Gasteiger charge is 2.25. The smallest absolute Gasteiger partial charge is 0.241 e. The monoisotopic (exact) mass is 420 g/mol. The van der Waals surface area contributed by atoms with Gasteiger partial charge in [0.15, 0.2) is 11.5 Å². The van der Waals surface area contributed by atoms with Gasteiger partial charge in [0, 0.05) is 0 Å². The van der Waals surface area contributed by atoms with E-state index in [0.29, 0.717) is 36.1 Å². The summed E-state index contributed by atoms with van der Waals surface area (Å²) >= 11 is 0. The van der Waals surface area contributed by atoms with Gasteiger partial charge in [-0.05, 0) is 36.8 Å². The molecule has 0 saturated carbocycles. The van der Waals surface area contributed by atoms with Crippen LogP contribution in [0.3, 0.4) is 0 Å². The highest BCUT2D eigenvalue weighted by molar-refractivity contribution is 7.92. The molecule has 9 heteroatoms. The molecular formula is C20H24N2O6S. The number of hydrogen-bond donors (Lipinski definition) is 1. The van der Waals surface area contributed by atoms with Crippen molar-refractivity contribution in [3.63, 3.8) is 0 Å². The first-order valence-corrected chi connectivity index (χ1v) is 10.9. The molecule has 1 atom stereocenters. The Bertz CT molecular complexity index is 992. The molecule has 1 amide bonds. The average Bonchev–Trinajstić information content (AvgIpc) is 2.70. The van der Waals surface area contributed by atoms with Crippen molar-refractivity contribution in [1.82, 2.24) is 5.32 Å². The molecule has 8 nitrogen and oxygen atoms in total. The maximum absolute atomic E-state index is 12.6. The van der Waals surface area contributed by atoms with Crippen LogP contribution in [-0.4, -0.2) is 47.4 Å². The second kappa shape index (κ2) is 8.60. The summed E-state index contributed by atoms with van der Waals surface area (Å²) in [4.78, 5) is 12.6. The second-order valence-electron chi connectivity index (χ2n) is 6.63. The summed E-state index contributed by atoms with van der Waals surface area (Å²) in [5.41, 5.74) is 1.13. The van der Waals surface area contributed by atoms with Crippen LogP contribution in [0, 0.1) is 0 Å². The Morgan fingerprint density at radius 2 is 1.86 bits per heavy atom. The van der Waals surface area contributed by atoms with Gasteiger partial charge in [-0.2, -0.15) is 0 Å². The molecule has 2 aromatic rings. The van der Waals surface area contributed by atoms with Crippen LogP contribution in [0.15, 0.2) is 42.5 Å². The first-order chi connectivity index (χ1) is 13.8. The molecule has 0 saturated heterocycles. The fraction of sp³-hybridized carbons (Fsp3) is 0.350. The summed E-state index contributed by atoms with van der Waals surface area (Å²) in [6.07, 6.45) is 1.05. The lowest BCUT2D eigenvalue weighted by atomic mass is 10.1. The summed E-state index contributed by atoms with van der Waals surface area (Å²) in [6.45, 7) is 2.42. The standard InChI is InChI=1S/C20H24N2O6S/c1-14(15-8-9-18-19(12-15)28-11-10-27-18)21-20(23)13-22(29(3,24)25)16-6-4-5-7-17(16)26-2/h4-9,12,14H,10-11,13H2,1-3H3,(H,21,23)/t14-/m1/s1. The summed E-state index contributed by atoms with van der Waals surface area (Å²) < 4.78 is 42.0. The lowest BCUT2D eigenvalue weighted by Gasteiger charge is -2.25. The Morgan fingerprint density at radius 1 is 1.17 bits per heavy atom. The van der Waals surface area contributed by atoms with E-state index in [1.54, 1.807) is 30.3 Å². The zero-order valence-corrected chi connectivity index (χ0v) is 17.4. The van der Waals surface area contributed by atoms with Gasteiger partial charge in [-0.15, -0.1) is 0 Å². The molecule has 29 heavy (non-hydrogen) atoms. The summed E-state index contributed by atoms with van der Waals surface area (Å²) in [5, 5.41) is 2.83. The lowest BCUT2D eigenvalue weighted by Crippen LogP contribution is -2.41. The largest absolute Gasteiger partial charge is 0.495 e. The minimum Gasteiger partial charge on any atom is -0.495 e. The zero-order valence-electron chi connectivity index (χ0n) is 16.5. The van der Waals surface area contributed by atoms with Gasteiger partial charge < -0.3 is 19.5 Å². The number of amides is 1. The van der Waals surface area contributed by atoms with Crippen LogP contribution < -0.4 is 23.8 Å². The van der Waals surface area contributed by atoms with Crippen LogP contribution in [0.2, 0.25) is 0 Å². The van der Waals surface area contributed by atoms with E-state index in [2.05, 4.69) is 5.32 Å². The zero-order chi connectivity index (χ0) is 21.0. The highest BCUT2D eigenvalue weighted by atomic mass is 32.2. The van der Waals surface area contributed by atoms with E-state index >= 15 is 0 Å². The van der Waals surface area contributed by atoms with Crippen molar-refractivity contribution < 1.29 is 27.4 Å². The predicted octanol–water partition coefficient (Wildman–Crippen LogP) is 2.11. The van der Waals surface area contributed by atoms with Crippen LogP contribution in [0.25, 0.3) is 0 Å². The highest BCUT2D eigenvalue weighted by Crippen LogP contribution is 2.33. The van der Waals surface area contributed by atoms with Crippen molar-refractivity contribution in [3.8, 4) is 17.2 Å². The Balaban J connectivity index is 1.75. The number of sulfonamides is 1. The molecule has 3 rings (SSSR count). The molecule has 156 valence electrons. The molecule has 1 heterocycles. The average molecular weight is 420 g/mol. The second-order valence-corrected chi connectivity index (χ2v) is 8.54. The molecule has 1 aliphatic heterocycles. The number of anilines is 1. The number of benzene rings is 2. The quantitative estimate of drug-likeness (QED) is 0.737. The number of carbonyl (C=O) groups is 1. The van der Waals surface area contributed by atoms with Crippen molar-refractivity contribution in [1.29, 1.82) is 0 Å². The third-order valence-corrected chi connectivity index (χ3v) is 5.61. The van der Waals surface area contributed by atoms with Crippen molar-refractivity contribution in [2.24, 2.45) is 0 Å². The third kappa shape index (κ3) is 4.92. The molecule has 0 unspecified atom stereocenters. The number of carbonyl (C=O) groups excluding carboxylic acids is 1. The maximum Gasteiger partial charge on any atom is 0.241 e. The van der Waals surface area contributed by atoms with Crippen molar-refractivity contribution in [2.75, 3.05) is 37.4 Å². The summed E-state index contributed by atoms with van der Waals surface area (Å²) in [6, 6.07) is 11.8. The fourth-order valence-electron chi connectivity index (χ4n) is 3.05. The summed E-state index contributed by atoms with van der Waals surface area (Å²) in [7, 11) is -2.25. The van der Waals surface area contributed by atoms with Crippen LogP contribution in [0.5, 0.6) is 17.2 Å². The van der Waals surface area contributed by atoms with Gasteiger partial charge in [0.25, 0.3) is 0 Å². The summed E-state index contributed by atoms with van der Waals surface area (Å²) in [5.74, 6) is 1.22. The van der Waals surface area contributed by atoms with Crippen molar-refractivity contribution in [3.05, 3.63) is 48.0 Å². The van der Waals surface area contributed by atoms with E-state index in [9.17, 15) is 13.2 Å². The molecule has 0 bridgehead atoms. The first kappa shape index (κ1) is 20.8. The van der Waals surface area contributed by atoms with Gasteiger partial charge in [-0.1, -0.05) is 18.2 Å². The molecule has 0 aliphatic carbocycles. The number of hydrogen-bond acceptors (Lipinski definition) is 6. The topological polar surface area (TPSA) is 94.2 Å². The normalized spacial score (nSPS) is 14.0. The Hall–Kier alpha value is -2.94. The van der Waals surface area contributed by atoms with Gasteiger partial charge in [0.05, 0.1) is 25.1 Å². The molecule has 0 radical (unpaired) electrons. The van der Waals surface area contributed by atoms with E-state index in [1.807, 2.05) is 19.1 Å². The molecular weight excluding hydrogens is 396 g/mol. The number of rotatable bonds is 7. The van der Waals surface area contributed by atoms with E-state index < -0.39 is 15.9 Å². The minimum atomic E-state index is -3.70. The number of methoxy groups -OCH3 is 1. The molecule has 1 N–H and O–H groups in total. The Kier molecular flexibility index (Phi) is 6.17. The van der Waals surface area contributed by atoms with E-state index in [1.165, 1.54) is 7.11 Å². The van der Waals surface area contributed by atoms with Gasteiger partial charge in [-0.25, -0.2) is 8.42 Å². The Morgan fingerprint density at radius 3 is 2.55 bits per heavy atom. The van der Waals surface area contributed by atoms with Crippen molar-refractivity contribution in [2.45, 2.75) is 13.0 Å². The van der Waals surface area contributed by atoms with Crippen LogP contribution >= 0.6 is 0 Å². The number of nitrogens with one attached hydrogen (secondary N) is 1. The van der Waals surface area contributed by atoms with E-state index in [0.717, 1.165) is 16.1 Å². The SMILES string of the molecule is COc1ccccc1N(CC(=O)N[C@H](C)c1ccc2c(c1)OCCO2)S(C)(=O)=O. The van der Waals surface area contributed by atoms with E-state index in [-0.39, 0.29) is 12.6 Å². The first-order valence-electron chi connectivity index (χ1n) is 9.09. The number of para-hydroxylation sites is 2. The third-order valence-electron chi connectivity index (χ3n) is 4.49. The van der Waals surface area contributed by atoms with Gasteiger partial charge in [0.1, 0.15) is 25.5 Å². The van der Waals surface area contributed by atoms with Crippen molar-refractivity contribution >= 4 is 21.6 Å². The minimum absolute atomic E-state index is 0.305. The van der Waals surface area contributed by atoms with Gasteiger partial charge in [-0.3, -0.25) is 9.10 Å². The van der Waals surface area contributed by atoms with Gasteiger partial charge in [0.2, 0.25) is 15.9 Å². The number of nitrogens with zero attached hydrogens (tertiary/aromatic N) is 1. The number of fused-ring (bicyclic) bond motifs is 1. The van der Waals surface area contributed by atoms with Crippen LogP contribution in [-0.2, 0) is 14.8 Å². The maximum atomic E-state index is 12.6. The lowest BCUT2D eigenvalue weighted by molar-refractivity contribution is -0.120. The van der Waals surface area contributed by atoms with E-state index in [4.69, 9.17) is 14.2 Å². The van der Waals surface area contributed by atoms with Gasteiger partial charge >= 0.3 is 0 Å². The molecule has 0 spiro atoms. The molecule has 2 aromatic carbocycles. The predicted molar refractivity (Wildman–Crippen MR) is 109 cm³/mol. The van der Waals surface area contributed by atoms with Crippen LogP contribution in [0.1, 0.15) is 18.5 Å². The van der Waals surface area contributed by atoms with Crippen LogP contribution in [0.4, 0.5) is 5.69 Å². The molecule has 1 aliphatic rings. The molecule has 0 aromatic heterocycles. The number of ether oxygens (including phenoxy) is 3. The fourth-order valence-corrected chi connectivity index (χ4v) is 3.91.